The molecular formula is C43H44B10N2. The summed E-state index contributed by atoms with van der Waals surface area (Å²) in [6, 6.07) is 40.8. The van der Waals surface area contributed by atoms with Crippen LogP contribution in [0, 0.1) is 0 Å². The molecule has 0 saturated carbocycles. The Balaban J connectivity index is 1.28. The van der Waals surface area contributed by atoms with Crippen LogP contribution in [0.15, 0.2) is 109 Å². The lowest BCUT2D eigenvalue weighted by Crippen LogP contribution is -2.56. The molecule has 55 heavy (non-hydrogen) atoms. The van der Waals surface area contributed by atoms with Crippen LogP contribution in [0.25, 0.3) is 21.9 Å². The molecule has 1 aliphatic carbocycles. The van der Waals surface area contributed by atoms with Gasteiger partial charge in [0.1, 0.15) is 78.5 Å². The SMILES string of the molecule is Bc1c(B)c(B)c(N(c2ccccc2)c2ccc3c(c2)C(C)(C)c2cc4cc(N(c5ccccc5)c5c(B)c(B)c(B)c(B)c5B)ccc4cc2-3)c(B)c1B. The first-order chi connectivity index (χ1) is 26.2. The van der Waals surface area contributed by atoms with Crippen molar-refractivity contribution < 1.29 is 0 Å². The van der Waals surface area contributed by atoms with Gasteiger partial charge in [-0.1, -0.05) is 106 Å². The molecule has 0 heterocycles. The van der Waals surface area contributed by atoms with Crippen molar-refractivity contribution in [2.75, 3.05) is 9.80 Å². The van der Waals surface area contributed by atoms with E-state index in [1.54, 1.807) is 0 Å². The lowest BCUT2D eigenvalue weighted by Gasteiger charge is -2.33. The summed E-state index contributed by atoms with van der Waals surface area (Å²) >= 11 is 0. The molecule has 0 radical (unpaired) electrons. The van der Waals surface area contributed by atoms with Crippen molar-refractivity contribution in [3.8, 4) is 11.1 Å². The topological polar surface area (TPSA) is 6.48 Å². The molecule has 0 bridgehead atoms. The normalized spacial score (nSPS) is 12.7. The second kappa shape index (κ2) is 13.7. The van der Waals surface area contributed by atoms with Crippen molar-refractivity contribution in [2.45, 2.75) is 19.3 Å². The molecule has 7 aromatic rings. The van der Waals surface area contributed by atoms with Crippen LogP contribution < -0.4 is 64.4 Å². The molecule has 0 amide bonds. The van der Waals surface area contributed by atoms with Crippen LogP contribution in [0.4, 0.5) is 34.1 Å². The summed E-state index contributed by atoms with van der Waals surface area (Å²) in [6.45, 7) is 4.81. The molecule has 0 fully saturated rings. The number of anilines is 6. The van der Waals surface area contributed by atoms with E-state index < -0.39 is 0 Å². The Morgan fingerprint density at radius 2 is 0.745 bits per heavy atom. The largest absolute Gasteiger partial charge is 0.312 e. The van der Waals surface area contributed by atoms with Crippen LogP contribution in [-0.2, 0) is 5.41 Å². The first-order valence-corrected chi connectivity index (χ1v) is 19.8. The number of fused-ring (bicyclic) bond motifs is 4. The van der Waals surface area contributed by atoms with E-state index in [0.717, 1.165) is 0 Å². The third kappa shape index (κ3) is 5.78. The summed E-state index contributed by atoms with van der Waals surface area (Å²) in [5.41, 5.74) is 26.1. The predicted octanol–water partition coefficient (Wildman–Crippen LogP) is -5.33. The van der Waals surface area contributed by atoms with Gasteiger partial charge in [-0.25, -0.2) is 0 Å². The minimum atomic E-state index is -0.187. The molecule has 0 saturated heterocycles. The van der Waals surface area contributed by atoms with Gasteiger partial charge in [-0.05, 0) is 93.7 Å². The average molecular weight is 697 g/mol. The molecule has 8 rings (SSSR count). The van der Waals surface area contributed by atoms with Crippen LogP contribution in [0.1, 0.15) is 25.0 Å². The van der Waals surface area contributed by atoms with Gasteiger partial charge >= 0.3 is 0 Å². The predicted molar refractivity (Wildman–Crippen MR) is 273 cm³/mol. The maximum absolute atomic E-state index is 2.49. The Hall–Kier alpha value is -4.95. The molecule has 0 aromatic heterocycles. The van der Waals surface area contributed by atoms with Gasteiger partial charge in [-0.3, -0.25) is 0 Å². The third-order valence-corrected chi connectivity index (χ3v) is 13.5. The van der Waals surface area contributed by atoms with Gasteiger partial charge in [0.25, 0.3) is 0 Å². The quantitative estimate of drug-likeness (QED) is 0.161. The third-order valence-electron chi connectivity index (χ3n) is 13.5. The average Bonchev–Trinajstić information content (AvgIpc) is 3.41. The molecular weight excluding hydrogens is 653 g/mol. The van der Waals surface area contributed by atoms with E-state index in [0.29, 0.717) is 0 Å². The Bertz CT molecular complexity index is 2640. The van der Waals surface area contributed by atoms with Crippen LogP contribution >= 0.6 is 0 Å². The molecule has 0 spiro atoms. The zero-order chi connectivity index (χ0) is 39.1. The first kappa shape index (κ1) is 37.0. The second-order valence-corrected chi connectivity index (χ2v) is 16.6. The van der Waals surface area contributed by atoms with Crippen LogP contribution in [0.5, 0.6) is 0 Å². The highest BCUT2D eigenvalue weighted by Gasteiger charge is 2.37. The van der Waals surface area contributed by atoms with Gasteiger partial charge in [0.05, 0.1) is 0 Å². The number of hydrogen-bond acceptors (Lipinski definition) is 2. The van der Waals surface area contributed by atoms with Crippen molar-refractivity contribution in [2.24, 2.45) is 0 Å². The van der Waals surface area contributed by atoms with E-state index in [1.807, 2.05) is 0 Å². The highest BCUT2D eigenvalue weighted by atomic mass is 15.2. The first-order valence-electron chi connectivity index (χ1n) is 19.8. The fourth-order valence-electron chi connectivity index (χ4n) is 9.33. The number of para-hydroxylation sites is 2. The summed E-state index contributed by atoms with van der Waals surface area (Å²) in [7, 11) is 22.7. The standard InChI is InChI=1S/C43H44B10N2/c1-43(2)29-19-22-17-25(54(23-9-5-3-6-10-23)41-37(50)33(46)31(44)34(47)38(41)51)14-13-21(22)18-28(29)27-16-15-26(20-30(27)43)55(24-11-7-4-8-12-24)42-39(52)35(48)32(45)36(49)40(42)53/h3-20H,44-53H2,1-2H3. The van der Waals surface area contributed by atoms with Gasteiger partial charge in [0.2, 0.25) is 0 Å². The molecule has 0 aliphatic heterocycles. The molecule has 256 valence electrons. The van der Waals surface area contributed by atoms with Crippen LogP contribution in [-0.4, -0.2) is 78.5 Å². The molecule has 0 N–H and O–H groups in total. The van der Waals surface area contributed by atoms with Gasteiger partial charge in [0.15, 0.2) is 0 Å². The maximum atomic E-state index is 2.49. The highest BCUT2D eigenvalue weighted by Crippen LogP contribution is 2.52. The zero-order valence-corrected chi connectivity index (χ0v) is 34.8. The van der Waals surface area contributed by atoms with Crippen molar-refractivity contribution in [3.05, 3.63) is 120 Å². The summed E-state index contributed by atoms with van der Waals surface area (Å²) in [5.74, 6) is 0. The minimum Gasteiger partial charge on any atom is -0.312 e. The number of hydrogen-bond donors (Lipinski definition) is 0. The van der Waals surface area contributed by atoms with Gasteiger partial charge in [-0.2, -0.15) is 0 Å². The van der Waals surface area contributed by atoms with Crippen molar-refractivity contribution in [1.29, 1.82) is 0 Å². The Kier molecular flexibility index (Phi) is 9.19. The zero-order valence-electron chi connectivity index (χ0n) is 34.8. The fourth-order valence-corrected chi connectivity index (χ4v) is 9.33. The fraction of sp³-hybridized carbons (Fsp3) is 0.0698. The smallest absolute Gasteiger partial charge is 0.141 e. The second-order valence-electron chi connectivity index (χ2n) is 16.6. The molecule has 0 unspecified atom stereocenters. The number of benzene rings is 7. The van der Waals surface area contributed by atoms with E-state index in [1.165, 1.54) is 122 Å². The molecule has 2 nitrogen and oxygen atoms in total. The molecule has 12 heteroatoms. The minimum absolute atomic E-state index is 0.187. The van der Waals surface area contributed by atoms with E-state index in [2.05, 4.69) is 211 Å². The summed E-state index contributed by atoms with van der Waals surface area (Å²) in [5, 5.41) is 2.52. The van der Waals surface area contributed by atoms with Crippen LogP contribution in [0.3, 0.4) is 0 Å². The summed E-state index contributed by atoms with van der Waals surface area (Å²) in [6.07, 6.45) is 0. The van der Waals surface area contributed by atoms with Crippen molar-refractivity contribution >= 4 is 178 Å². The lowest BCUT2D eigenvalue weighted by atomic mass is 9.61. The number of nitrogens with zero attached hydrogens (tertiary/aromatic N) is 2. The molecule has 7 aromatic carbocycles. The Morgan fingerprint density at radius 3 is 1.22 bits per heavy atom. The van der Waals surface area contributed by atoms with E-state index in [-0.39, 0.29) is 5.41 Å². The van der Waals surface area contributed by atoms with Gasteiger partial charge in [-0.15, -0.1) is 10.9 Å². The van der Waals surface area contributed by atoms with E-state index in [4.69, 9.17) is 0 Å². The molecule has 0 atom stereocenters. The summed E-state index contributed by atoms with van der Waals surface area (Å²) in [4.78, 5) is 4.96. The Labute approximate surface area is 337 Å². The lowest BCUT2D eigenvalue weighted by molar-refractivity contribution is 0.661. The van der Waals surface area contributed by atoms with Gasteiger partial charge < -0.3 is 9.80 Å². The van der Waals surface area contributed by atoms with E-state index in [9.17, 15) is 0 Å². The van der Waals surface area contributed by atoms with Gasteiger partial charge in [0, 0.05) is 39.5 Å². The van der Waals surface area contributed by atoms with E-state index >= 15 is 0 Å². The maximum Gasteiger partial charge on any atom is 0.141 e. The number of rotatable bonds is 6. The van der Waals surface area contributed by atoms with Crippen LogP contribution in [0.2, 0.25) is 0 Å². The van der Waals surface area contributed by atoms with Crippen molar-refractivity contribution in [1.82, 2.24) is 0 Å². The monoisotopic (exact) mass is 698 g/mol. The molecule has 1 aliphatic rings. The Morgan fingerprint density at radius 1 is 0.345 bits per heavy atom. The highest BCUT2D eigenvalue weighted by molar-refractivity contribution is 6.70. The van der Waals surface area contributed by atoms with Crippen molar-refractivity contribution in [3.63, 3.8) is 0 Å². The summed E-state index contributed by atoms with van der Waals surface area (Å²) < 4.78 is 0.